The Bertz CT molecular complexity index is 1000. The van der Waals surface area contributed by atoms with E-state index in [0.29, 0.717) is 11.1 Å². The molecule has 0 saturated carbocycles. The lowest BCUT2D eigenvalue weighted by molar-refractivity contribution is -0.0329. The van der Waals surface area contributed by atoms with Gasteiger partial charge in [-0.25, -0.2) is 9.78 Å². The first-order chi connectivity index (χ1) is 13.5. The highest BCUT2D eigenvalue weighted by Gasteiger charge is 2.32. The summed E-state index contributed by atoms with van der Waals surface area (Å²) in [6, 6.07) is 9.00. The average molecular weight is 425 g/mol. The molecule has 1 atom stereocenters. The van der Waals surface area contributed by atoms with Gasteiger partial charge < -0.3 is 10.4 Å². The van der Waals surface area contributed by atoms with E-state index in [1.54, 1.807) is 38.1 Å². The number of nitrogens with one attached hydrogen (secondary N) is 3. The van der Waals surface area contributed by atoms with Gasteiger partial charge in [0.05, 0.1) is 22.5 Å². The number of rotatable bonds is 5. The number of benzene rings is 1. The molecule has 0 saturated heterocycles. The number of aliphatic hydroxyl groups is 1. The van der Waals surface area contributed by atoms with Gasteiger partial charge in [0, 0.05) is 24.0 Å². The number of aromatic amines is 1. The number of thioether (sulfide) groups is 1. The minimum Gasteiger partial charge on any atom is -0.388 e. The molecule has 11 heteroatoms. The van der Waals surface area contributed by atoms with E-state index < -0.39 is 23.2 Å². The van der Waals surface area contributed by atoms with Gasteiger partial charge in [-0.15, -0.1) is 0 Å². The quantitative estimate of drug-likeness (QED) is 0.459. The molecule has 0 aliphatic carbocycles. The zero-order valence-corrected chi connectivity index (χ0v) is 16.2. The van der Waals surface area contributed by atoms with Crippen LogP contribution in [-0.4, -0.2) is 37.4 Å². The predicted molar refractivity (Wildman–Crippen MR) is 103 cm³/mol. The van der Waals surface area contributed by atoms with E-state index in [0.717, 1.165) is 0 Å². The second-order valence-corrected chi connectivity index (χ2v) is 7.84. The number of hydrogen-bond donors (Lipinski definition) is 4. The highest BCUT2D eigenvalue weighted by molar-refractivity contribution is 8.00. The summed E-state index contributed by atoms with van der Waals surface area (Å²) in [6.07, 6.45) is 1.20. The molecular formula is C18H18F3N5O2S. The molecule has 0 aliphatic rings. The second-order valence-electron chi connectivity index (χ2n) is 6.79. The number of carbonyl (C=O) groups is 1. The van der Waals surface area contributed by atoms with Crippen molar-refractivity contribution in [2.45, 2.75) is 36.0 Å². The van der Waals surface area contributed by atoms with Crippen molar-refractivity contribution in [3.63, 3.8) is 0 Å². The Labute approximate surface area is 168 Å². The number of aromatic nitrogens is 3. The van der Waals surface area contributed by atoms with E-state index in [9.17, 15) is 23.1 Å². The zero-order valence-electron chi connectivity index (χ0n) is 15.4. The summed E-state index contributed by atoms with van der Waals surface area (Å²) in [7, 11) is 0. The number of nitrogens with zero attached hydrogens (tertiary/aromatic N) is 2. The van der Waals surface area contributed by atoms with Crippen LogP contribution in [-0.2, 0) is 0 Å². The SMILES string of the molecule is CC(C)(O)C(NC(=O)Nc1cc2[nH]nc(SC(F)(F)F)c2cn1)c1ccccc1. The van der Waals surface area contributed by atoms with E-state index in [4.69, 9.17) is 0 Å². The first kappa shape index (κ1) is 20.9. The maximum absolute atomic E-state index is 12.6. The Morgan fingerprint density at radius 2 is 1.93 bits per heavy atom. The molecule has 0 radical (unpaired) electrons. The fourth-order valence-corrected chi connectivity index (χ4v) is 3.33. The standard InChI is InChI=1S/C18H18F3N5O2S/c1-17(2,28)14(10-6-4-3-5-7-10)24-16(27)23-13-8-12-11(9-22-13)15(26-25-12)29-18(19,20)21/h3-9,14,28H,1-2H3,(H,25,26)(H2,22,23,24,27). The third-order valence-electron chi connectivity index (χ3n) is 3.98. The summed E-state index contributed by atoms with van der Waals surface area (Å²) in [4.78, 5) is 16.4. The van der Waals surface area contributed by atoms with Gasteiger partial charge >= 0.3 is 11.5 Å². The van der Waals surface area contributed by atoms with Crippen LogP contribution in [0.4, 0.5) is 23.8 Å². The molecule has 7 nitrogen and oxygen atoms in total. The third-order valence-corrected chi connectivity index (χ3v) is 4.72. The topological polar surface area (TPSA) is 103 Å². The Kier molecular flexibility index (Phi) is 5.71. The number of amides is 2. The van der Waals surface area contributed by atoms with E-state index in [2.05, 4.69) is 25.8 Å². The van der Waals surface area contributed by atoms with Crippen LogP contribution in [0.1, 0.15) is 25.5 Å². The molecule has 0 bridgehead atoms. The summed E-state index contributed by atoms with van der Waals surface area (Å²) in [5, 5.41) is 21.7. The zero-order chi connectivity index (χ0) is 21.2. The Morgan fingerprint density at radius 1 is 1.24 bits per heavy atom. The van der Waals surface area contributed by atoms with Crippen LogP contribution in [0.3, 0.4) is 0 Å². The van der Waals surface area contributed by atoms with Gasteiger partial charge in [0.15, 0.2) is 0 Å². The van der Waals surface area contributed by atoms with E-state index in [1.807, 2.05) is 6.07 Å². The minimum absolute atomic E-state index is 0.116. The van der Waals surface area contributed by atoms with Crippen LogP contribution in [0.2, 0.25) is 0 Å². The van der Waals surface area contributed by atoms with Crippen molar-refractivity contribution < 1.29 is 23.1 Å². The molecule has 4 N–H and O–H groups in total. The molecule has 2 aromatic heterocycles. The monoisotopic (exact) mass is 425 g/mol. The molecular weight excluding hydrogens is 407 g/mol. The molecule has 29 heavy (non-hydrogen) atoms. The number of halogens is 3. The van der Waals surface area contributed by atoms with Crippen LogP contribution < -0.4 is 10.6 Å². The van der Waals surface area contributed by atoms with Crippen molar-refractivity contribution in [2.24, 2.45) is 0 Å². The lowest BCUT2D eigenvalue weighted by Crippen LogP contribution is -2.43. The smallest absolute Gasteiger partial charge is 0.388 e. The summed E-state index contributed by atoms with van der Waals surface area (Å²) < 4.78 is 37.7. The van der Waals surface area contributed by atoms with Gasteiger partial charge in [-0.3, -0.25) is 10.4 Å². The van der Waals surface area contributed by atoms with Gasteiger partial charge in [-0.1, -0.05) is 30.3 Å². The van der Waals surface area contributed by atoms with E-state index >= 15 is 0 Å². The fraction of sp³-hybridized carbons (Fsp3) is 0.278. The summed E-state index contributed by atoms with van der Waals surface area (Å²) in [5.41, 5.74) is -4.71. The highest BCUT2D eigenvalue weighted by Crippen LogP contribution is 2.38. The van der Waals surface area contributed by atoms with Crippen LogP contribution in [0.15, 0.2) is 47.6 Å². The van der Waals surface area contributed by atoms with Crippen molar-refractivity contribution in [1.82, 2.24) is 20.5 Å². The molecule has 3 aromatic rings. The maximum Gasteiger partial charge on any atom is 0.447 e. The lowest BCUT2D eigenvalue weighted by atomic mass is 9.92. The number of hydrogen-bond acceptors (Lipinski definition) is 5. The van der Waals surface area contributed by atoms with Gasteiger partial charge in [-0.2, -0.15) is 18.3 Å². The number of carbonyl (C=O) groups excluding carboxylic acids is 1. The Hall–Kier alpha value is -2.79. The maximum atomic E-state index is 12.6. The molecule has 1 unspecified atom stereocenters. The molecule has 0 aliphatic heterocycles. The minimum atomic E-state index is -4.47. The average Bonchev–Trinajstić information content (AvgIpc) is 3.00. The number of urea groups is 1. The molecule has 2 amide bonds. The molecule has 0 spiro atoms. The largest absolute Gasteiger partial charge is 0.447 e. The van der Waals surface area contributed by atoms with Crippen LogP contribution in [0.25, 0.3) is 10.9 Å². The Balaban J connectivity index is 1.75. The fourth-order valence-electron chi connectivity index (χ4n) is 2.74. The van der Waals surface area contributed by atoms with Crippen molar-refractivity contribution >= 4 is 34.5 Å². The third kappa shape index (κ3) is 5.39. The molecule has 0 fully saturated rings. The molecule has 3 rings (SSSR count). The number of pyridine rings is 1. The first-order valence-electron chi connectivity index (χ1n) is 8.47. The van der Waals surface area contributed by atoms with Gasteiger partial charge in [0.1, 0.15) is 10.8 Å². The number of fused-ring (bicyclic) bond motifs is 1. The number of alkyl halides is 3. The molecule has 1 aromatic carbocycles. The normalized spacial score (nSPS) is 13.3. The number of anilines is 1. The summed E-state index contributed by atoms with van der Waals surface area (Å²) >= 11 is -0.344. The Morgan fingerprint density at radius 3 is 2.55 bits per heavy atom. The van der Waals surface area contributed by atoms with Crippen molar-refractivity contribution in [1.29, 1.82) is 0 Å². The van der Waals surface area contributed by atoms with Gasteiger partial charge in [0.2, 0.25) is 0 Å². The van der Waals surface area contributed by atoms with E-state index in [1.165, 1.54) is 12.3 Å². The van der Waals surface area contributed by atoms with Crippen molar-refractivity contribution in [3.05, 3.63) is 48.2 Å². The second kappa shape index (κ2) is 7.91. The van der Waals surface area contributed by atoms with Crippen LogP contribution in [0, 0.1) is 0 Å². The van der Waals surface area contributed by atoms with E-state index in [-0.39, 0.29) is 28.0 Å². The highest BCUT2D eigenvalue weighted by atomic mass is 32.2. The first-order valence-corrected chi connectivity index (χ1v) is 9.29. The molecule has 154 valence electrons. The predicted octanol–water partition coefficient (Wildman–Crippen LogP) is 4.20. The number of H-pyrrole nitrogens is 1. The van der Waals surface area contributed by atoms with Crippen molar-refractivity contribution in [3.8, 4) is 0 Å². The molecule has 2 heterocycles. The van der Waals surface area contributed by atoms with Gasteiger partial charge in [0.25, 0.3) is 0 Å². The lowest BCUT2D eigenvalue weighted by Gasteiger charge is -2.30. The summed E-state index contributed by atoms with van der Waals surface area (Å²) in [5.74, 6) is 0.116. The summed E-state index contributed by atoms with van der Waals surface area (Å²) in [6.45, 7) is 3.14. The van der Waals surface area contributed by atoms with Gasteiger partial charge in [-0.05, 0) is 19.4 Å². The van der Waals surface area contributed by atoms with Crippen LogP contribution >= 0.6 is 11.8 Å². The van der Waals surface area contributed by atoms with Crippen LogP contribution in [0.5, 0.6) is 0 Å². The van der Waals surface area contributed by atoms with Crippen molar-refractivity contribution in [2.75, 3.05) is 5.32 Å².